The fraction of sp³-hybridized carbons (Fsp3) is 0.500. The van der Waals surface area contributed by atoms with Gasteiger partial charge in [0, 0.05) is 18.3 Å². The van der Waals surface area contributed by atoms with E-state index in [1.165, 1.54) is 7.11 Å². The highest BCUT2D eigenvalue weighted by atomic mass is 16.5. The summed E-state index contributed by atoms with van der Waals surface area (Å²) in [4.78, 5) is 13.8. The molecule has 7 heteroatoms. The highest BCUT2D eigenvalue weighted by Crippen LogP contribution is 2.29. The van der Waals surface area contributed by atoms with Crippen LogP contribution in [0.3, 0.4) is 0 Å². The molecule has 1 aromatic rings. The van der Waals surface area contributed by atoms with Crippen molar-refractivity contribution in [1.82, 2.24) is 4.90 Å². The number of methoxy groups -OCH3 is 2. The third kappa shape index (κ3) is 3.56. The summed E-state index contributed by atoms with van der Waals surface area (Å²) in [7, 11) is 3.09. The Morgan fingerprint density at radius 3 is 2.86 bits per heavy atom. The average molecular weight is 296 g/mol. The van der Waals surface area contributed by atoms with E-state index in [9.17, 15) is 9.90 Å². The normalized spacial score (nSPS) is 18.2. The first-order chi connectivity index (χ1) is 10.2. The molecule has 1 fully saturated rings. The molecule has 0 bridgehead atoms. The van der Waals surface area contributed by atoms with Gasteiger partial charge in [0.1, 0.15) is 0 Å². The number of hydrogen-bond donors (Lipinski definition) is 2. The number of ether oxygens (including phenoxy) is 3. The van der Waals surface area contributed by atoms with Crippen molar-refractivity contribution in [2.24, 2.45) is 0 Å². The topological polar surface area (TPSA) is 80.3 Å². The minimum atomic E-state index is -0.320. The molecule has 0 aromatic heterocycles. The van der Waals surface area contributed by atoms with E-state index in [0.29, 0.717) is 36.9 Å². The molecule has 1 aromatic carbocycles. The van der Waals surface area contributed by atoms with Crippen LogP contribution >= 0.6 is 0 Å². The molecule has 1 atom stereocenters. The van der Waals surface area contributed by atoms with E-state index in [1.807, 2.05) is 0 Å². The summed E-state index contributed by atoms with van der Waals surface area (Å²) in [6.45, 7) is 1.13. The van der Waals surface area contributed by atoms with E-state index >= 15 is 0 Å². The van der Waals surface area contributed by atoms with Crippen LogP contribution in [0.1, 0.15) is 0 Å². The zero-order valence-electron chi connectivity index (χ0n) is 12.2. The number of urea groups is 1. The quantitative estimate of drug-likeness (QED) is 0.864. The fourth-order valence-corrected chi connectivity index (χ4v) is 2.18. The Hall–Kier alpha value is -1.99. The highest BCUT2D eigenvalue weighted by molar-refractivity contribution is 5.90. The van der Waals surface area contributed by atoms with Crippen molar-refractivity contribution in [3.8, 4) is 11.5 Å². The molecule has 116 valence electrons. The van der Waals surface area contributed by atoms with Crippen molar-refractivity contribution in [3.05, 3.63) is 18.2 Å². The van der Waals surface area contributed by atoms with E-state index in [2.05, 4.69) is 5.32 Å². The Kier molecular flexibility index (Phi) is 5.24. The van der Waals surface area contributed by atoms with Crippen molar-refractivity contribution in [2.75, 3.05) is 45.9 Å². The number of morpholine rings is 1. The molecule has 1 saturated heterocycles. The Balaban J connectivity index is 2.08. The van der Waals surface area contributed by atoms with Gasteiger partial charge in [-0.15, -0.1) is 0 Å². The van der Waals surface area contributed by atoms with Gasteiger partial charge in [0.15, 0.2) is 11.5 Å². The first kappa shape index (κ1) is 15.4. The van der Waals surface area contributed by atoms with Crippen LogP contribution in [0.2, 0.25) is 0 Å². The Labute approximate surface area is 123 Å². The van der Waals surface area contributed by atoms with Crippen molar-refractivity contribution in [1.29, 1.82) is 0 Å². The Morgan fingerprint density at radius 1 is 1.43 bits per heavy atom. The predicted molar refractivity (Wildman–Crippen MR) is 77.0 cm³/mol. The van der Waals surface area contributed by atoms with Crippen LogP contribution < -0.4 is 14.8 Å². The zero-order chi connectivity index (χ0) is 15.2. The second kappa shape index (κ2) is 7.14. The third-order valence-electron chi connectivity index (χ3n) is 3.33. The van der Waals surface area contributed by atoms with Gasteiger partial charge >= 0.3 is 6.03 Å². The summed E-state index contributed by atoms with van der Waals surface area (Å²) in [5.41, 5.74) is 0.598. The van der Waals surface area contributed by atoms with Crippen molar-refractivity contribution < 1.29 is 24.1 Å². The summed E-state index contributed by atoms with van der Waals surface area (Å²) >= 11 is 0. The third-order valence-corrected chi connectivity index (χ3v) is 3.33. The van der Waals surface area contributed by atoms with Crippen LogP contribution in [0.25, 0.3) is 0 Å². The van der Waals surface area contributed by atoms with E-state index < -0.39 is 0 Å². The fourth-order valence-electron chi connectivity index (χ4n) is 2.18. The lowest BCUT2D eigenvalue weighted by atomic mass is 10.2. The smallest absolute Gasteiger partial charge is 0.322 e. The predicted octanol–water partition coefficient (Wildman–Crippen LogP) is 0.929. The number of aliphatic hydroxyl groups excluding tert-OH is 1. The van der Waals surface area contributed by atoms with Crippen LogP contribution in [-0.2, 0) is 4.74 Å². The largest absolute Gasteiger partial charge is 0.493 e. The zero-order valence-corrected chi connectivity index (χ0v) is 12.2. The number of hydrogen-bond acceptors (Lipinski definition) is 5. The molecule has 2 rings (SSSR count). The van der Waals surface area contributed by atoms with E-state index in [-0.39, 0.29) is 18.7 Å². The van der Waals surface area contributed by atoms with Crippen LogP contribution in [0.5, 0.6) is 11.5 Å². The minimum absolute atomic E-state index is 0.126. The molecule has 1 heterocycles. The molecule has 2 amide bonds. The SMILES string of the molecule is COc1ccc(NC(=O)N2CCOCC2CO)cc1OC. The standard InChI is InChI=1S/C14H20N2O5/c1-19-12-4-3-10(7-13(12)20-2)15-14(18)16-5-6-21-9-11(16)8-17/h3-4,7,11,17H,5-6,8-9H2,1-2H3,(H,15,18). The number of nitrogens with one attached hydrogen (secondary N) is 1. The summed E-state index contributed by atoms with van der Waals surface area (Å²) < 4.78 is 15.6. The molecule has 0 aliphatic carbocycles. The number of rotatable bonds is 4. The van der Waals surface area contributed by atoms with Gasteiger partial charge < -0.3 is 29.5 Å². The molecule has 0 saturated carbocycles. The van der Waals surface area contributed by atoms with Gasteiger partial charge in [0.25, 0.3) is 0 Å². The van der Waals surface area contributed by atoms with Crippen LogP contribution in [0.15, 0.2) is 18.2 Å². The molecular weight excluding hydrogens is 276 g/mol. The summed E-state index contributed by atoms with van der Waals surface area (Å²) in [5.74, 6) is 1.13. The van der Waals surface area contributed by atoms with Crippen LogP contribution in [0, 0.1) is 0 Å². The maximum absolute atomic E-state index is 12.3. The highest BCUT2D eigenvalue weighted by Gasteiger charge is 2.26. The van der Waals surface area contributed by atoms with E-state index in [1.54, 1.807) is 30.2 Å². The van der Waals surface area contributed by atoms with E-state index in [4.69, 9.17) is 14.2 Å². The summed E-state index contributed by atoms with van der Waals surface area (Å²) in [5, 5.41) is 12.1. The van der Waals surface area contributed by atoms with E-state index in [0.717, 1.165) is 0 Å². The number of carbonyl (C=O) groups is 1. The number of carbonyl (C=O) groups excluding carboxylic acids is 1. The lowest BCUT2D eigenvalue weighted by molar-refractivity contribution is -0.00485. The number of amides is 2. The van der Waals surface area contributed by atoms with Gasteiger partial charge in [-0.1, -0.05) is 0 Å². The average Bonchev–Trinajstić information content (AvgIpc) is 2.54. The van der Waals surface area contributed by atoms with Crippen LogP contribution in [0.4, 0.5) is 10.5 Å². The van der Waals surface area contributed by atoms with Gasteiger partial charge in [-0.3, -0.25) is 0 Å². The maximum Gasteiger partial charge on any atom is 0.322 e. The molecule has 0 spiro atoms. The van der Waals surface area contributed by atoms with Crippen molar-refractivity contribution in [3.63, 3.8) is 0 Å². The summed E-state index contributed by atoms with van der Waals surface area (Å²) in [6, 6.07) is 4.54. The number of nitrogens with zero attached hydrogens (tertiary/aromatic N) is 1. The molecule has 21 heavy (non-hydrogen) atoms. The minimum Gasteiger partial charge on any atom is -0.493 e. The molecule has 1 unspecified atom stereocenters. The first-order valence-electron chi connectivity index (χ1n) is 6.68. The number of benzene rings is 1. The van der Waals surface area contributed by atoms with Gasteiger partial charge in [0.05, 0.1) is 40.1 Å². The summed E-state index contributed by atoms with van der Waals surface area (Å²) in [6.07, 6.45) is 0. The molecule has 7 nitrogen and oxygen atoms in total. The first-order valence-corrected chi connectivity index (χ1v) is 6.68. The molecule has 1 aliphatic rings. The molecule has 2 N–H and O–H groups in total. The van der Waals surface area contributed by atoms with Crippen molar-refractivity contribution in [2.45, 2.75) is 6.04 Å². The molecule has 1 aliphatic heterocycles. The Morgan fingerprint density at radius 2 is 2.19 bits per heavy atom. The number of anilines is 1. The van der Waals surface area contributed by atoms with Gasteiger partial charge in [-0.05, 0) is 12.1 Å². The van der Waals surface area contributed by atoms with Gasteiger partial charge in [-0.2, -0.15) is 0 Å². The van der Waals surface area contributed by atoms with Crippen molar-refractivity contribution >= 4 is 11.7 Å². The second-order valence-electron chi connectivity index (χ2n) is 4.60. The lowest BCUT2D eigenvalue weighted by Crippen LogP contribution is -2.52. The number of aliphatic hydroxyl groups is 1. The molecular formula is C14H20N2O5. The molecule has 0 radical (unpaired) electrons. The lowest BCUT2D eigenvalue weighted by Gasteiger charge is -2.34. The van der Waals surface area contributed by atoms with Crippen LogP contribution in [-0.4, -0.2) is 62.7 Å². The monoisotopic (exact) mass is 296 g/mol. The van der Waals surface area contributed by atoms with Gasteiger partial charge in [-0.25, -0.2) is 4.79 Å². The van der Waals surface area contributed by atoms with Gasteiger partial charge in [0.2, 0.25) is 0 Å². The maximum atomic E-state index is 12.3. The Bertz CT molecular complexity index is 494. The second-order valence-corrected chi connectivity index (χ2v) is 4.60.